The number of thiophene rings is 1. The second kappa shape index (κ2) is 9.99. The number of hydrogen-bond acceptors (Lipinski definition) is 7. The van der Waals surface area contributed by atoms with E-state index in [0.29, 0.717) is 25.5 Å². The normalized spacial score (nSPS) is 13.8. The van der Waals surface area contributed by atoms with Crippen LogP contribution in [-0.2, 0) is 11.2 Å². The third-order valence-electron chi connectivity index (χ3n) is 5.65. The first-order valence-electron chi connectivity index (χ1n) is 10.8. The molecule has 2 aromatic heterocycles. The lowest BCUT2D eigenvalue weighted by Crippen LogP contribution is -2.49. The zero-order chi connectivity index (χ0) is 22.5. The van der Waals surface area contributed by atoms with Crippen LogP contribution < -0.4 is 15.0 Å². The second-order valence-electron chi connectivity index (χ2n) is 7.94. The second-order valence-corrected chi connectivity index (χ2v) is 8.94. The van der Waals surface area contributed by atoms with Gasteiger partial charge in [-0.15, -0.1) is 11.3 Å². The highest BCUT2D eigenvalue weighted by molar-refractivity contribution is 7.10. The zero-order valence-corrected chi connectivity index (χ0v) is 19.6. The summed E-state index contributed by atoms with van der Waals surface area (Å²) in [6.45, 7) is 6.93. The summed E-state index contributed by atoms with van der Waals surface area (Å²) in [4.78, 5) is 27.4. The number of methoxy groups -OCH3 is 1. The summed E-state index contributed by atoms with van der Waals surface area (Å²) >= 11 is 1.73. The Hall–Kier alpha value is -3.13. The average Bonchev–Trinajstić information content (AvgIpc) is 3.22. The van der Waals surface area contributed by atoms with E-state index in [0.717, 1.165) is 42.5 Å². The first kappa shape index (κ1) is 22.1. The number of carbonyl (C=O) groups is 1. The van der Waals surface area contributed by atoms with Gasteiger partial charge in [0, 0.05) is 54.9 Å². The van der Waals surface area contributed by atoms with Crippen LogP contribution >= 0.6 is 11.3 Å². The van der Waals surface area contributed by atoms with Gasteiger partial charge >= 0.3 is 0 Å². The van der Waals surface area contributed by atoms with Crippen molar-refractivity contribution in [1.29, 1.82) is 0 Å². The summed E-state index contributed by atoms with van der Waals surface area (Å²) in [7, 11) is 1.65. The molecule has 0 bridgehead atoms. The van der Waals surface area contributed by atoms with E-state index < -0.39 is 0 Å². The summed E-state index contributed by atoms with van der Waals surface area (Å²) in [6.07, 6.45) is 1.39. The molecule has 1 fully saturated rings. The molecule has 0 aliphatic carbocycles. The molecule has 1 N–H and O–H groups in total. The van der Waals surface area contributed by atoms with Crippen LogP contribution in [0.15, 0.2) is 41.8 Å². The van der Waals surface area contributed by atoms with Crippen LogP contribution in [0.3, 0.4) is 0 Å². The predicted octanol–water partition coefficient (Wildman–Crippen LogP) is 4.19. The third kappa shape index (κ3) is 5.37. The number of anilines is 3. The first-order valence-corrected chi connectivity index (χ1v) is 11.7. The highest BCUT2D eigenvalue weighted by Crippen LogP contribution is 2.22. The van der Waals surface area contributed by atoms with Crippen molar-refractivity contribution >= 4 is 34.7 Å². The minimum absolute atomic E-state index is 0.226. The maximum atomic E-state index is 12.7. The number of carbonyl (C=O) groups excluding carboxylic acids is 1. The number of aromatic nitrogens is 2. The third-order valence-corrected chi connectivity index (χ3v) is 6.74. The Labute approximate surface area is 193 Å². The molecule has 3 aromatic rings. The molecule has 8 heteroatoms. The van der Waals surface area contributed by atoms with Gasteiger partial charge in [-0.3, -0.25) is 4.79 Å². The molecule has 1 aromatic carbocycles. The van der Waals surface area contributed by atoms with Crippen molar-refractivity contribution in [3.8, 4) is 5.75 Å². The Morgan fingerprint density at radius 3 is 2.50 bits per heavy atom. The minimum atomic E-state index is 0.226. The van der Waals surface area contributed by atoms with Gasteiger partial charge in [0.2, 0.25) is 11.9 Å². The van der Waals surface area contributed by atoms with E-state index >= 15 is 0 Å². The number of amides is 1. The lowest BCUT2D eigenvalue weighted by Gasteiger charge is -2.35. The Morgan fingerprint density at radius 1 is 1.09 bits per heavy atom. The Kier molecular flexibility index (Phi) is 6.90. The number of piperazine rings is 1. The summed E-state index contributed by atoms with van der Waals surface area (Å²) in [5.74, 6) is 2.49. The largest absolute Gasteiger partial charge is 0.497 e. The fourth-order valence-corrected chi connectivity index (χ4v) is 4.69. The monoisotopic (exact) mass is 451 g/mol. The van der Waals surface area contributed by atoms with E-state index in [1.165, 1.54) is 10.4 Å². The zero-order valence-electron chi connectivity index (χ0n) is 18.8. The Bertz CT molecular complexity index is 1060. The fraction of sp³-hybridized carbons (Fsp3) is 0.375. The lowest BCUT2D eigenvalue weighted by molar-refractivity contribution is -0.131. The molecule has 0 saturated carbocycles. The van der Waals surface area contributed by atoms with Gasteiger partial charge in [-0.2, -0.15) is 4.98 Å². The van der Waals surface area contributed by atoms with E-state index in [4.69, 9.17) is 9.72 Å². The standard InChI is InChI=1S/C24H29N5O2S/c1-17-10-15-32-21(17)8-9-23(30)28-11-13-29(14-12-28)24-25-18(2)16-22(27-24)26-19-4-6-20(31-3)7-5-19/h4-7,10,15-16H,8-9,11-14H2,1-3H3,(H,25,26,27). The van der Waals surface area contributed by atoms with Crippen molar-refractivity contribution < 1.29 is 9.53 Å². The molecule has 0 unspecified atom stereocenters. The van der Waals surface area contributed by atoms with Gasteiger partial charge in [0.05, 0.1) is 7.11 Å². The number of aryl methyl sites for hydroxylation is 3. The van der Waals surface area contributed by atoms with Crippen LogP contribution in [0, 0.1) is 13.8 Å². The maximum absolute atomic E-state index is 12.7. The summed E-state index contributed by atoms with van der Waals surface area (Å²) < 4.78 is 5.21. The van der Waals surface area contributed by atoms with Crippen LogP contribution in [0.1, 0.15) is 22.6 Å². The van der Waals surface area contributed by atoms with Crippen LogP contribution in [0.2, 0.25) is 0 Å². The smallest absolute Gasteiger partial charge is 0.227 e. The summed E-state index contributed by atoms with van der Waals surface area (Å²) in [5.41, 5.74) is 3.12. The van der Waals surface area contributed by atoms with Gasteiger partial charge in [-0.25, -0.2) is 4.98 Å². The van der Waals surface area contributed by atoms with Crippen LogP contribution in [0.25, 0.3) is 0 Å². The van der Waals surface area contributed by atoms with E-state index in [1.807, 2.05) is 42.2 Å². The van der Waals surface area contributed by atoms with Gasteiger partial charge in [-0.1, -0.05) is 0 Å². The Morgan fingerprint density at radius 2 is 1.84 bits per heavy atom. The molecule has 0 radical (unpaired) electrons. The molecule has 7 nitrogen and oxygen atoms in total. The molecule has 1 aliphatic heterocycles. The fourth-order valence-electron chi connectivity index (χ4n) is 3.78. The molecule has 0 spiro atoms. The molecule has 0 atom stereocenters. The average molecular weight is 452 g/mol. The molecule has 3 heterocycles. The van der Waals surface area contributed by atoms with E-state index in [1.54, 1.807) is 18.4 Å². The topological polar surface area (TPSA) is 70.6 Å². The molecule has 168 valence electrons. The number of ether oxygens (including phenoxy) is 1. The summed E-state index contributed by atoms with van der Waals surface area (Å²) in [5, 5.41) is 5.43. The quantitative estimate of drug-likeness (QED) is 0.581. The van der Waals surface area contributed by atoms with E-state index in [9.17, 15) is 4.79 Å². The predicted molar refractivity (Wildman–Crippen MR) is 129 cm³/mol. The van der Waals surface area contributed by atoms with Crippen molar-refractivity contribution in [3.05, 3.63) is 57.9 Å². The molecule has 4 rings (SSSR count). The van der Waals surface area contributed by atoms with E-state index in [2.05, 4.69) is 33.6 Å². The van der Waals surface area contributed by atoms with Gasteiger partial charge in [0.1, 0.15) is 11.6 Å². The van der Waals surface area contributed by atoms with Gasteiger partial charge in [-0.05, 0) is 61.5 Å². The Balaban J connectivity index is 1.34. The van der Waals surface area contributed by atoms with Crippen LogP contribution in [0.4, 0.5) is 17.5 Å². The van der Waals surface area contributed by atoms with Crippen molar-refractivity contribution in [3.63, 3.8) is 0 Å². The van der Waals surface area contributed by atoms with E-state index in [-0.39, 0.29) is 5.91 Å². The van der Waals surface area contributed by atoms with Gasteiger partial charge in [0.15, 0.2) is 0 Å². The maximum Gasteiger partial charge on any atom is 0.227 e. The van der Waals surface area contributed by atoms with Crippen molar-refractivity contribution in [2.75, 3.05) is 43.5 Å². The molecular weight excluding hydrogens is 422 g/mol. The van der Waals surface area contributed by atoms with Crippen molar-refractivity contribution in [2.45, 2.75) is 26.7 Å². The highest BCUT2D eigenvalue weighted by atomic mass is 32.1. The number of hydrogen-bond donors (Lipinski definition) is 1. The number of nitrogens with zero attached hydrogens (tertiary/aromatic N) is 4. The molecule has 1 saturated heterocycles. The first-order chi connectivity index (χ1) is 15.5. The van der Waals surface area contributed by atoms with Crippen molar-refractivity contribution in [1.82, 2.24) is 14.9 Å². The van der Waals surface area contributed by atoms with Gasteiger partial charge < -0.3 is 19.9 Å². The van der Waals surface area contributed by atoms with Crippen LogP contribution in [0.5, 0.6) is 5.75 Å². The molecule has 1 aliphatic rings. The molecule has 32 heavy (non-hydrogen) atoms. The highest BCUT2D eigenvalue weighted by Gasteiger charge is 2.23. The molecule has 1 amide bonds. The number of rotatable bonds is 7. The molecular formula is C24H29N5O2S. The lowest BCUT2D eigenvalue weighted by atomic mass is 10.2. The number of benzene rings is 1. The van der Waals surface area contributed by atoms with Crippen LogP contribution in [-0.4, -0.2) is 54.1 Å². The van der Waals surface area contributed by atoms with Gasteiger partial charge in [0.25, 0.3) is 0 Å². The van der Waals surface area contributed by atoms with Crippen molar-refractivity contribution in [2.24, 2.45) is 0 Å². The number of nitrogens with one attached hydrogen (secondary N) is 1. The SMILES string of the molecule is COc1ccc(Nc2cc(C)nc(N3CCN(C(=O)CCc4sccc4C)CC3)n2)cc1. The minimum Gasteiger partial charge on any atom is -0.497 e. The summed E-state index contributed by atoms with van der Waals surface area (Å²) in [6, 6.07) is 11.8.